The third kappa shape index (κ3) is 4.23. The van der Waals surface area contributed by atoms with E-state index in [1.54, 1.807) is 48.5 Å². The SMILES string of the molecule is NC(=O)C1CC(C(=O)Nc2ccc3nc(Cc4ccccc4F)[nH]c3c2)=NN1c1ccccc1. The highest BCUT2D eigenvalue weighted by Crippen LogP contribution is 2.25. The number of aromatic amines is 1. The number of hydrazone groups is 1. The number of nitrogens with one attached hydrogen (secondary N) is 2. The first-order valence-corrected chi connectivity index (χ1v) is 10.7. The van der Waals surface area contributed by atoms with Crippen molar-refractivity contribution < 1.29 is 14.0 Å². The lowest BCUT2D eigenvalue weighted by Crippen LogP contribution is -2.39. The Morgan fingerprint density at radius 1 is 1.09 bits per heavy atom. The number of nitrogens with two attached hydrogens (primary N) is 1. The molecule has 1 unspecified atom stereocenters. The predicted octanol–water partition coefficient (Wildman–Crippen LogP) is 3.35. The Bertz CT molecular complexity index is 1420. The van der Waals surface area contributed by atoms with Crippen LogP contribution in [-0.4, -0.2) is 33.5 Å². The zero-order valence-electron chi connectivity index (χ0n) is 18.0. The number of H-pyrrole nitrogens is 1. The van der Waals surface area contributed by atoms with Gasteiger partial charge in [-0.15, -0.1) is 0 Å². The van der Waals surface area contributed by atoms with E-state index in [0.717, 1.165) is 0 Å². The van der Waals surface area contributed by atoms with Crippen LogP contribution in [0, 0.1) is 5.82 Å². The minimum Gasteiger partial charge on any atom is -0.368 e. The predicted molar refractivity (Wildman–Crippen MR) is 128 cm³/mol. The molecule has 0 saturated carbocycles. The van der Waals surface area contributed by atoms with E-state index in [2.05, 4.69) is 20.4 Å². The molecule has 0 aliphatic carbocycles. The molecule has 2 amide bonds. The number of rotatable bonds is 6. The van der Waals surface area contributed by atoms with Crippen LogP contribution in [0.4, 0.5) is 15.8 Å². The molecule has 9 heteroatoms. The van der Waals surface area contributed by atoms with Crippen molar-refractivity contribution in [2.24, 2.45) is 10.8 Å². The number of amides is 2. The van der Waals surface area contributed by atoms with Gasteiger partial charge in [0.2, 0.25) is 5.91 Å². The van der Waals surface area contributed by atoms with Crippen molar-refractivity contribution in [1.82, 2.24) is 9.97 Å². The number of carbonyl (C=O) groups is 2. The molecule has 5 rings (SSSR count). The second kappa shape index (κ2) is 8.78. The maximum atomic E-state index is 14.0. The van der Waals surface area contributed by atoms with Gasteiger partial charge in [0.05, 0.1) is 16.7 Å². The lowest BCUT2D eigenvalue weighted by atomic mass is 10.1. The lowest BCUT2D eigenvalue weighted by molar-refractivity contribution is -0.119. The molecule has 34 heavy (non-hydrogen) atoms. The third-order valence-corrected chi connectivity index (χ3v) is 5.63. The number of hydrogen-bond donors (Lipinski definition) is 3. The second-order valence-electron chi connectivity index (χ2n) is 7.99. The van der Waals surface area contributed by atoms with Crippen LogP contribution in [0.15, 0.2) is 77.9 Å². The number of para-hydroxylation sites is 1. The summed E-state index contributed by atoms with van der Waals surface area (Å²) in [6, 6.07) is 20.2. The van der Waals surface area contributed by atoms with E-state index in [-0.39, 0.29) is 17.9 Å². The average Bonchev–Trinajstić information content (AvgIpc) is 3.45. The standard InChI is InChI=1S/C25H21FN6O2/c26-18-9-5-4-6-15(18)12-23-29-19-11-10-16(13-20(19)30-23)28-25(34)21-14-22(24(27)33)32(31-21)17-7-2-1-3-8-17/h1-11,13,22H,12,14H2,(H2,27,33)(H,28,34)(H,29,30). The van der Waals surface area contributed by atoms with Crippen molar-refractivity contribution in [1.29, 1.82) is 0 Å². The van der Waals surface area contributed by atoms with Gasteiger partial charge in [-0.25, -0.2) is 9.37 Å². The fourth-order valence-electron chi connectivity index (χ4n) is 3.94. The van der Waals surface area contributed by atoms with E-state index in [1.165, 1.54) is 11.1 Å². The quantitative estimate of drug-likeness (QED) is 0.413. The Kier molecular flexibility index (Phi) is 5.51. The summed E-state index contributed by atoms with van der Waals surface area (Å²) < 4.78 is 14.0. The number of halogens is 1. The van der Waals surface area contributed by atoms with Crippen molar-refractivity contribution >= 4 is 39.9 Å². The fraction of sp³-hybridized carbons (Fsp3) is 0.120. The summed E-state index contributed by atoms with van der Waals surface area (Å²) in [5.41, 5.74) is 8.92. The normalized spacial score (nSPS) is 15.4. The number of carbonyl (C=O) groups excluding carboxylic acids is 2. The number of primary amides is 1. The van der Waals surface area contributed by atoms with E-state index < -0.39 is 17.9 Å². The van der Waals surface area contributed by atoms with E-state index in [4.69, 9.17) is 5.73 Å². The summed E-state index contributed by atoms with van der Waals surface area (Å²) in [5.74, 6) is -0.648. The molecule has 3 aromatic carbocycles. The Morgan fingerprint density at radius 3 is 2.62 bits per heavy atom. The molecule has 1 aromatic heterocycles. The smallest absolute Gasteiger partial charge is 0.271 e. The summed E-state index contributed by atoms with van der Waals surface area (Å²) in [6.07, 6.45) is 0.429. The maximum Gasteiger partial charge on any atom is 0.271 e. The van der Waals surface area contributed by atoms with Crippen molar-refractivity contribution in [3.63, 3.8) is 0 Å². The number of hydrogen-bond acceptors (Lipinski definition) is 5. The zero-order chi connectivity index (χ0) is 23.7. The van der Waals surface area contributed by atoms with Gasteiger partial charge in [-0.2, -0.15) is 5.10 Å². The number of benzene rings is 3. The molecule has 2 heterocycles. The van der Waals surface area contributed by atoms with Crippen molar-refractivity contribution in [2.75, 3.05) is 10.3 Å². The number of aromatic nitrogens is 2. The molecule has 8 nitrogen and oxygen atoms in total. The van der Waals surface area contributed by atoms with Gasteiger partial charge in [0.25, 0.3) is 5.91 Å². The van der Waals surface area contributed by atoms with Crippen LogP contribution in [0.3, 0.4) is 0 Å². The molecule has 1 atom stereocenters. The monoisotopic (exact) mass is 456 g/mol. The van der Waals surface area contributed by atoms with E-state index in [9.17, 15) is 14.0 Å². The Morgan fingerprint density at radius 2 is 1.85 bits per heavy atom. The molecule has 1 aliphatic heterocycles. The molecule has 1 aliphatic rings. The van der Waals surface area contributed by atoms with Crippen LogP contribution in [-0.2, 0) is 16.0 Å². The van der Waals surface area contributed by atoms with Crippen LogP contribution >= 0.6 is 0 Å². The van der Waals surface area contributed by atoms with Crippen LogP contribution in [0.25, 0.3) is 11.0 Å². The minimum atomic E-state index is -0.737. The van der Waals surface area contributed by atoms with Crippen LogP contribution in [0.2, 0.25) is 0 Å². The van der Waals surface area contributed by atoms with E-state index in [1.807, 2.05) is 18.2 Å². The summed E-state index contributed by atoms with van der Waals surface area (Å²) >= 11 is 0. The maximum absolute atomic E-state index is 14.0. The first kappa shape index (κ1) is 21.3. The molecule has 4 aromatic rings. The molecule has 0 radical (unpaired) electrons. The first-order chi connectivity index (χ1) is 16.5. The Hall–Kier alpha value is -4.53. The van der Waals surface area contributed by atoms with Gasteiger partial charge in [0.15, 0.2) is 0 Å². The molecule has 0 spiro atoms. The van der Waals surface area contributed by atoms with Gasteiger partial charge in [-0.3, -0.25) is 14.6 Å². The van der Waals surface area contributed by atoms with Gasteiger partial charge in [-0.05, 0) is 42.0 Å². The summed E-state index contributed by atoms with van der Waals surface area (Å²) in [5, 5.41) is 8.66. The number of nitrogens with zero attached hydrogens (tertiary/aromatic N) is 3. The molecule has 4 N–H and O–H groups in total. The van der Waals surface area contributed by atoms with Gasteiger partial charge < -0.3 is 16.0 Å². The number of anilines is 2. The van der Waals surface area contributed by atoms with Crippen molar-refractivity contribution in [3.05, 3.63) is 90.0 Å². The summed E-state index contributed by atoms with van der Waals surface area (Å²) in [4.78, 5) is 32.5. The molecule has 0 fully saturated rings. The van der Waals surface area contributed by atoms with Gasteiger partial charge in [0.1, 0.15) is 23.4 Å². The molecule has 170 valence electrons. The van der Waals surface area contributed by atoms with Crippen LogP contribution < -0.4 is 16.1 Å². The summed E-state index contributed by atoms with van der Waals surface area (Å²) in [6.45, 7) is 0. The zero-order valence-corrected chi connectivity index (χ0v) is 18.0. The highest BCUT2D eigenvalue weighted by molar-refractivity contribution is 6.44. The van der Waals surface area contributed by atoms with E-state index in [0.29, 0.717) is 40.2 Å². The highest BCUT2D eigenvalue weighted by Gasteiger charge is 2.35. The van der Waals surface area contributed by atoms with Gasteiger partial charge in [0, 0.05) is 18.5 Å². The third-order valence-electron chi connectivity index (χ3n) is 5.63. The molecule has 0 saturated heterocycles. The number of fused-ring (bicyclic) bond motifs is 1. The van der Waals surface area contributed by atoms with Gasteiger partial charge >= 0.3 is 0 Å². The van der Waals surface area contributed by atoms with Crippen molar-refractivity contribution in [2.45, 2.75) is 18.9 Å². The second-order valence-corrected chi connectivity index (χ2v) is 7.99. The Labute approximate surface area is 194 Å². The molecular weight excluding hydrogens is 435 g/mol. The van der Waals surface area contributed by atoms with Gasteiger partial charge in [-0.1, -0.05) is 36.4 Å². The molecule has 0 bridgehead atoms. The topological polar surface area (TPSA) is 116 Å². The highest BCUT2D eigenvalue weighted by atomic mass is 19.1. The number of imidazole rings is 1. The minimum absolute atomic E-state index is 0.106. The largest absolute Gasteiger partial charge is 0.368 e. The Balaban J connectivity index is 1.34. The molecular formula is C25H21FN6O2. The van der Waals surface area contributed by atoms with Crippen molar-refractivity contribution in [3.8, 4) is 0 Å². The first-order valence-electron chi connectivity index (χ1n) is 10.7. The average molecular weight is 456 g/mol. The lowest BCUT2D eigenvalue weighted by Gasteiger charge is -2.20. The van der Waals surface area contributed by atoms with E-state index >= 15 is 0 Å². The van der Waals surface area contributed by atoms with Crippen LogP contribution in [0.1, 0.15) is 17.8 Å². The van der Waals surface area contributed by atoms with Crippen LogP contribution in [0.5, 0.6) is 0 Å². The fourth-order valence-corrected chi connectivity index (χ4v) is 3.94. The summed E-state index contributed by atoms with van der Waals surface area (Å²) in [7, 11) is 0.